The van der Waals surface area contributed by atoms with Crippen LogP contribution in [0, 0.1) is 25.2 Å². The molecule has 20 heavy (non-hydrogen) atoms. The maximum atomic E-state index is 10.8. The third-order valence-electron chi connectivity index (χ3n) is 3.06. The Balaban J connectivity index is 2.19. The van der Waals surface area contributed by atoms with Crippen molar-refractivity contribution in [3.63, 3.8) is 0 Å². The van der Waals surface area contributed by atoms with Crippen molar-refractivity contribution in [1.29, 1.82) is 5.26 Å². The Morgan fingerprint density at radius 2 is 1.90 bits per heavy atom. The summed E-state index contributed by atoms with van der Waals surface area (Å²) < 4.78 is 5.83. The molecule has 0 saturated carbocycles. The van der Waals surface area contributed by atoms with Gasteiger partial charge in [0.2, 0.25) is 0 Å². The lowest BCUT2D eigenvalue weighted by molar-refractivity contribution is 0.112. The molecular weight excluding hydrogens is 250 g/mol. The summed E-state index contributed by atoms with van der Waals surface area (Å²) in [6, 6.07) is 13.1. The summed E-state index contributed by atoms with van der Waals surface area (Å²) in [6.45, 7) is 4.24. The van der Waals surface area contributed by atoms with Crippen molar-refractivity contribution in [2.24, 2.45) is 0 Å². The minimum Gasteiger partial charge on any atom is -0.488 e. The fraction of sp³-hybridized carbons (Fsp3) is 0.176. The monoisotopic (exact) mass is 265 g/mol. The molecule has 0 N–H and O–H groups in total. The molecular formula is C17H15NO2. The van der Waals surface area contributed by atoms with E-state index in [1.165, 1.54) is 0 Å². The largest absolute Gasteiger partial charge is 0.488 e. The van der Waals surface area contributed by atoms with E-state index in [0.29, 0.717) is 17.7 Å². The summed E-state index contributed by atoms with van der Waals surface area (Å²) in [5.41, 5.74) is 4.09. The molecule has 2 rings (SSSR count). The molecule has 0 unspecified atom stereocenters. The molecule has 2 aromatic rings. The summed E-state index contributed by atoms with van der Waals surface area (Å²) in [4.78, 5) is 10.8. The van der Waals surface area contributed by atoms with Gasteiger partial charge in [-0.2, -0.15) is 5.26 Å². The first-order chi connectivity index (χ1) is 9.63. The highest BCUT2D eigenvalue weighted by atomic mass is 16.5. The quantitative estimate of drug-likeness (QED) is 0.794. The molecule has 0 atom stereocenters. The van der Waals surface area contributed by atoms with E-state index in [4.69, 9.17) is 10.00 Å². The van der Waals surface area contributed by atoms with Gasteiger partial charge in [0, 0.05) is 5.56 Å². The molecule has 0 amide bonds. The molecule has 0 heterocycles. The van der Waals surface area contributed by atoms with Crippen LogP contribution in [-0.4, -0.2) is 6.29 Å². The molecule has 0 bridgehead atoms. The van der Waals surface area contributed by atoms with E-state index in [-0.39, 0.29) is 0 Å². The highest BCUT2D eigenvalue weighted by Crippen LogP contribution is 2.25. The maximum Gasteiger partial charge on any atom is 0.150 e. The lowest BCUT2D eigenvalue weighted by Crippen LogP contribution is -2.00. The number of ether oxygens (including phenoxy) is 1. The van der Waals surface area contributed by atoms with Crippen molar-refractivity contribution in [3.05, 3.63) is 64.2 Å². The smallest absolute Gasteiger partial charge is 0.150 e. The maximum absolute atomic E-state index is 10.8. The summed E-state index contributed by atoms with van der Waals surface area (Å²) in [7, 11) is 0. The lowest BCUT2D eigenvalue weighted by Gasteiger charge is -2.13. The average molecular weight is 265 g/mol. The molecule has 3 nitrogen and oxygen atoms in total. The predicted octanol–water partition coefficient (Wildman–Crippen LogP) is 3.57. The zero-order valence-electron chi connectivity index (χ0n) is 11.5. The van der Waals surface area contributed by atoms with Crippen LogP contribution in [-0.2, 0) is 6.61 Å². The zero-order valence-corrected chi connectivity index (χ0v) is 11.5. The zero-order chi connectivity index (χ0) is 14.5. The van der Waals surface area contributed by atoms with Crippen LogP contribution in [0.2, 0.25) is 0 Å². The van der Waals surface area contributed by atoms with Gasteiger partial charge in [0.15, 0.2) is 0 Å². The predicted molar refractivity (Wildman–Crippen MR) is 76.8 cm³/mol. The fourth-order valence-electron chi connectivity index (χ4n) is 2.17. The number of nitriles is 1. The van der Waals surface area contributed by atoms with Gasteiger partial charge in [0.1, 0.15) is 18.6 Å². The number of carbonyl (C=O) groups excluding carboxylic acids is 1. The first-order valence-corrected chi connectivity index (χ1v) is 6.32. The molecule has 0 radical (unpaired) electrons. The number of benzene rings is 2. The average Bonchev–Trinajstić information content (AvgIpc) is 2.46. The Labute approximate surface area is 118 Å². The van der Waals surface area contributed by atoms with Crippen molar-refractivity contribution < 1.29 is 9.53 Å². The number of aldehydes is 1. The van der Waals surface area contributed by atoms with Gasteiger partial charge in [0.25, 0.3) is 0 Å². The van der Waals surface area contributed by atoms with Crippen LogP contribution < -0.4 is 4.74 Å². The van der Waals surface area contributed by atoms with Crippen molar-refractivity contribution in [3.8, 4) is 11.8 Å². The third-order valence-corrected chi connectivity index (χ3v) is 3.06. The minimum absolute atomic E-state index is 0.400. The van der Waals surface area contributed by atoms with E-state index in [1.54, 1.807) is 18.2 Å². The standard InChI is InChI=1S/C17H15NO2/c1-12-6-16(10-19)7-13(2)17(12)20-11-15-5-3-4-14(8-15)9-18/h3-8,10H,11H2,1-2H3. The van der Waals surface area contributed by atoms with Crippen LogP contribution in [0.3, 0.4) is 0 Å². The molecule has 0 aliphatic heterocycles. The number of nitrogens with zero attached hydrogens (tertiary/aromatic N) is 1. The Bertz CT molecular complexity index is 661. The normalized spacial score (nSPS) is 9.85. The summed E-state index contributed by atoms with van der Waals surface area (Å²) in [5.74, 6) is 0.790. The van der Waals surface area contributed by atoms with E-state index in [2.05, 4.69) is 6.07 Å². The SMILES string of the molecule is Cc1cc(C=O)cc(C)c1OCc1cccc(C#N)c1. The van der Waals surface area contributed by atoms with Crippen molar-refractivity contribution in [2.45, 2.75) is 20.5 Å². The van der Waals surface area contributed by atoms with Crippen molar-refractivity contribution in [1.82, 2.24) is 0 Å². The lowest BCUT2D eigenvalue weighted by atomic mass is 10.1. The van der Waals surface area contributed by atoms with Crippen LogP contribution in [0.5, 0.6) is 5.75 Å². The van der Waals surface area contributed by atoms with E-state index >= 15 is 0 Å². The molecule has 0 aliphatic carbocycles. The molecule has 0 aliphatic rings. The molecule has 0 spiro atoms. The summed E-state index contributed by atoms with van der Waals surface area (Å²) in [5, 5.41) is 8.87. The van der Waals surface area contributed by atoms with Gasteiger partial charge >= 0.3 is 0 Å². The van der Waals surface area contributed by atoms with Crippen LogP contribution in [0.25, 0.3) is 0 Å². The topological polar surface area (TPSA) is 50.1 Å². The first-order valence-electron chi connectivity index (χ1n) is 6.32. The minimum atomic E-state index is 0.400. The summed E-state index contributed by atoms with van der Waals surface area (Å²) >= 11 is 0. The van der Waals surface area contributed by atoms with Crippen molar-refractivity contribution in [2.75, 3.05) is 0 Å². The van der Waals surface area contributed by atoms with Crippen LogP contribution in [0.4, 0.5) is 0 Å². The molecule has 0 saturated heterocycles. The number of aryl methyl sites for hydroxylation is 2. The van der Waals surface area contributed by atoms with Gasteiger partial charge in [0.05, 0.1) is 11.6 Å². The number of hydrogen-bond acceptors (Lipinski definition) is 3. The number of rotatable bonds is 4. The van der Waals surface area contributed by atoms with Gasteiger partial charge in [-0.05, 0) is 54.8 Å². The molecule has 3 heteroatoms. The highest BCUT2D eigenvalue weighted by Gasteiger charge is 2.07. The Morgan fingerprint density at radius 3 is 2.50 bits per heavy atom. The van der Waals surface area contributed by atoms with E-state index in [9.17, 15) is 4.79 Å². The molecule has 2 aromatic carbocycles. The molecule has 0 aromatic heterocycles. The number of hydrogen-bond donors (Lipinski definition) is 0. The van der Waals surface area contributed by atoms with E-state index < -0.39 is 0 Å². The molecule has 100 valence electrons. The van der Waals surface area contributed by atoms with Crippen molar-refractivity contribution >= 4 is 6.29 Å². The van der Waals surface area contributed by atoms with E-state index in [0.717, 1.165) is 28.7 Å². The van der Waals surface area contributed by atoms with Crippen LogP contribution in [0.15, 0.2) is 36.4 Å². The second kappa shape index (κ2) is 6.03. The van der Waals surface area contributed by atoms with Gasteiger partial charge in [-0.1, -0.05) is 12.1 Å². The Morgan fingerprint density at radius 1 is 1.20 bits per heavy atom. The fourth-order valence-corrected chi connectivity index (χ4v) is 2.17. The Kier molecular flexibility index (Phi) is 4.17. The first kappa shape index (κ1) is 13.8. The summed E-state index contributed by atoms with van der Waals surface area (Å²) in [6.07, 6.45) is 0.834. The molecule has 0 fully saturated rings. The van der Waals surface area contributed by atoms with Gasteiger partial charge in [-0.3, -0.25) is 4.79 Å². The second-order valence-corrected chi connectivity index (χ2v) is 4.70. The van der Waals surface area contributed by atoms with Crippen LogP contribution >= 0.6 is 0 Å². The third kappa shape index (κ3) is 3.04. The number of carbonyl (C=O) groups is 1. The van der Waals surface area contributed by atoms with Gasteiger partial charge in [-0.15, -0.1) is 0 Å². The van der Waals surface area contributed by atoms with Gasteiger partial charge in [-0.25, -0.2) is 0 Å². The highest BCUT2D eigenvalue weighted by molar-refractivity contribution is 5.76. The van der Waals surface area contributed by atoms with Crippen LogP contribution in [0.1, 0.15) is 32.6 Å². The Hall–Kier alpha value is -2.60. The second-order valence-electron chi connectivity index (χ2n) is 4.70. The van der Waals surface area contributed by atoms with Gasteiger partial charge < -0.3 is 4.74 Å². The van der Waals surface area contributed by atoms with E-state index in [1.807, 2.05) is 32.0 Å².